The summed E-state index contributed by atoms with van der Waals surface area (Å²) in [5.74, 6) is 0.966. The molecule has 1 aromatic rings. The number of hydrogen-bond acceptors (Lipinski definition) is 3. The molecular formula is C13H17N3O. The van der Waals surface area contributed by atoms with Gasteiger partial charge in [0, 0.05) is 24.3 Å². The van der Waals surface area contributed by atoms with Crippen LogP contribution in [0.3, 0.4) is 0 Å². The monoisotopic (exact) mass is 231 g/mol. The Morgan fingerprint density at radius 3 is 3.06 bits per heavy atom. The summed E-state index contributed by atoms with van der Waals surface area (Å²) in [7, 11) is 0. The molecule has 1 saturated heterocycles. The van der Waals surface area contributed by atoms with Crippen molar-refractivity contribution in [2.75, 3.05) is 11.9 Å². The molecule has 1 atom stereocenters. The third kappa shape index (κ3) is 2.12. The van der Waals surface area contributed by atoms with E-state index < -0.39 is 0 Å². The van der Waals surface area contributed by atoms with Gasteiger partial charge < -0.3 is 10.2 Å². The smallest absolute Gasteiger partial charge is 0.210 e. The summed E-state index contributed by atoms with van der Waals surface area (Å²) in [6.45, 7) is 0.867. The van der Waals surface area contributed by atoms with Gasteiger partial charge in [-0.2, -0.15) is 0 Å². The number of likely N-dealkylation sites (tertiary alicyclic amines) is 1. The number of pyridine rings is 1. The Morgan fingerprint density at radius 2 is 2.29 bits per heavy atom. The molecule has 0 unspecified atom stereocenters. The van der Waals surface area contributed by atoms with Crippen molar-refractivity contribution in [3.05, 3.63) is 23.9 Å². The van der Waals surface area contributed by atoms with E-state index in [1.54, 1.807) is 0 Å². The van der Waals surface area contributed by atoms with Gasteiger partial charge in [0.25, 0.3) is 0 Å². The topological polar surface area (TPSA) is 45.2 Å². The summed E-state index contributed by atoms with van der Waals surface area (Å²) in [4.78, 5) is 17.3. The zero-order valence-electron chi connectivity index (χ0n) is 9.80. The molecule has 17 heavy (non-hydrogen) atoms. The summed E-state index contributed by atoms with van der Waals surface area (Å²) in [6, 6.07) is 4.84. The van der Waals surface area contributed by atoms with Gasteiger partial charge in [-0.3, -0.25) is 4.79 Å². The molecule has 1 aliphatic carbocycles. The van der Waals surface area contributed by atoms with Crippen LogP contribution in [0.4, 0.5) is 5.82 Å². The standard InChI is InChI=1S/C13H17N3O/c17-9-16-8-2-4-12(16)11-3-1-7-14-13(11)15-10-5-6-10/h1,3,7,9-10,12H,2,4-6,8H2,(H,14,15)/t12-/m1/s1. The highest BCUT2D eigenvalue weighted by Gasteiger charge is 2.29. The highest BCUT2D eigenvalue weighted by atomic mass is 16.1. The van der Waals surface area contributed by atoms with Crippen molar-refractivity contribution in [2.45, 2.75) is 37.8 Å². The molecule has 2 heterocycles. The van der Waals surface area contributed by atoms with Gasteiger partial charge in [-0.15, -0.1) is 0 Å². The van der Waals surface area contributed by atoms with Gasteiger partial charge in [0.15, 0.2) is 0 Å². The van der Waals surface area contributed by atoms with Crippen LogP contribution in [0.2, 0.25) is 0 Å². The molecule has 3 rings (SSSR count). The SMILES string of the molecule is O=CN1CCC[C@@H]1c1cccnc1NC1CC1. The van der Waals surface area contributed by atoms with Crippen LogP contribution in [0.15, 0.2) is 18.3 Å². The lowest BCUT2D eigenvalue weighted by atomic mass is 10.1. The first kappa shape index (κ1) is 10.6. The molecule has 1 aliphatic heterocycles. The Morgan fingerprint density at radius 1 is 1.41 bits per heavy atom. The minimum absolute atomic E-state index is 0.211. The Hall–Kier alpha value is -1.58. The number of carbonyl (C=O) groups excluding carboxylic acids is 1. The molecule has 2 aliphatic rings. The Labute approximate surface area is 101 Å². The number of carbonyl (C=O) groups is 1. The predicted octanol–water partition coefficient (Wildman–Crippen LogP) is 1.95. The number of anilines is 1. The predicted molar refractivity (Wildman–Crippen MR) is 65.6 cm³/mol. The summed E-state index contributed by atoms with van der Waals surface area (Å²) >= 11 is 0. The molecule has 1 N–H and O–H groups in total. The molecule has 0 radical (unpaired) electrons. The fourth-order valence-electron chi connectivity index (χ4n) is 2.48. The van der Waals surface area contributed by atoms with Gasteiger partial charge in [0.2, 0.25) is 6.41 Å². The van der Waals surface area contributed by atoms with Crippen molar-refractivity contribution in [2.24, 2.45) is 0 Å². The molecule has 1 amide bonds. The highest BCUT2D eigenvalue weighted by molar-refractivity contribution is 5.54. The molecule has 0 spiro atoms. The van der Waals surface area contributed by atoms with Crippen LogP contribution in [0.5, 0.6) is 0 Å². The maximum absolute atomic E-state index is 11.0. The Kier molecular flexibility index (Phi) is 2.71. The van der Waals surface area contributed by atoms with Gasteiger partial charge >= 0.3 is 0 Å². The lowest BCUT2D eigenvalue weighted by molar-refractivity contribution is -0.118. The van der Waals surface area contributed by atoms with Gasteiger partial charge in [-0.05, 0) is 31.7 Å². The van der Waals surface area contributed by atoms with Crippen molar-refractivity contribution >= 4 is 12.2 Å². The van der Waals surface area contributed by atoms with E-state index in [0.717, 1.165) is 31.6 Å². The second-order valence-corrected chi connectivity index (χ2v) is 4.86. The second kappa shape index (κ2) is 4.35. The van der Waals surface area contributed by atoms with Crippen molar-refractivity contribution in [1.82, 2.24) is 9.88 Å². The molecule has 1 aromatic heterocycles. The molecule has 4 heteroatoms. The average molecular weight is 231 g/mol. The fourth-order valence-corrected chi connectivity index (χ4v) is 2.48. The first-order valence-electron chi connectivity index (χ1n) is 6.31. The maximum atomic E-state index is 11.0. The fraction of sp³-hybridized carbons (Fsp3) is 0.538. The normalized spacial score (nSPS) is 23.8. The molecule has 1 saturated carbocycles. The first-order chi connectivity index (χ1) is 8.38. The molecule has 90 valence electrons. The minimum Gasteiger partial charge on any atom is -0.367 e. The molecule has 4 nitrogen and oxygen atoms in total. The van der Waals surface area contributed by atoms with Crippen molar-refractivity contribution in [1.29, 1.82) is 0 Å². The first-order valence-corrected chi connectivity index (χ1v) is 6.31. The molecular weight excluding hydrogens is 214 g/mol. The zero-order chi connectivity index (χ0) is 11.7. The lowest BCUT2D eigenvalue weighted by Gasteiger charge is -2.22. The summed E-state index contributed by atoms with van der Waals surface area (Å²) in [5.41, 5.74) is 1.17. The molecule has 2 fully saturated rings. The maximum Gasteiger partial charge on any atom is 0.210 e. The number of aromatic nitrogens is 1. The quantitative estimate of drug-likeness (QED) is 0.806. The summed E-state index contributed by atoms with van der Waals surface area (Å²) < 4.78 is 0. The van der Waals surface area contributed by atoms with Crippen LogP contribution in [-0.2, 0) is 4.79 Å². The summed E-state index contributed by atoms with van der Waals surface area (Å²) in [5, 5.41) is 3.45. The van der Waals surface area contributed by atoms with E-state index in [-0.39, 0.29) is 6.04 Å². The van der Waals surface area contributed by atoms with Crippen LogP contribution in [0, 0.1) is 0 Å². The number of nitrogens with zero attached hydrogens (tertiary/aromatic N) is 2. The van der Waals surface area contributed by atoms with Crippen molar-refractivity contribution < 1.29 is 4.79 Å². The summed E-state index contributed by atoms with van der Waals surface area (Å²) in [6.07, 6.45) is 7.38. The number of hydrogen-bond donors (Lipinski definition) is 1. The van der Waals surface area contributed by atoms with E-state index in [0.29, 0.717) is 6.04 Å². The number of nitrogens with one attached hydrogen (secondary N) is 1. The Bertz CT molecular complexity index is 417. The van der Waals surface area contributed by atoms with Crippen LogP contribution in [0.1, 0.15) is 37.3 Å². The number of amides is 1. The lowest BCUT2D eigenvalue weighted by Crippen LogP contribution is -2.22. The van der Waals surface area contributed by atoms with Crippen LogP contribution >= 0.6 is 0 Å². The van der Waals surface area contributed by atoms with Gasteiger partial charge in [-0.25, -0.2) is 4.98 Å². The van der Waals surface area contributed by atoms with Crippen molar-refractivity contribution in [3.63, 3.8) is 0 Å². The van der Waals surface area contributed by atoms with Crippen molar-refractivity contribution in [3.8, 4) is 0 Å². The van der Waals surface area contributed by atoms with E-state index >= 15 is 0 Å². The highest BCUT2D eigenvalue weighted by Crippen LogP contribution is 2.35. The van der Waals surface area contributed by atoms with Crippen LogP contribution in [-0.4, -0.2) is 28.9 Å². The largest absolute Gasteiger partial charge is 0.367 e. The average Bonchev–Trinajstić information content (AvgIpc) is 3.05. The van der Waals surface area contributed by atoms with Crippen LogP contribution < -0.4 is 5.32 Å². The van der Waals surface area contributed by atoms with Gasteiger partial charge in [0.1, 0.15) is 5.82 Å². The van der Waals surface area contributed by atoms with E-state index in [4.69, 9.17) is 0 Å². The Balaban J connectivity index is 1.87. The number of rotatable bonds is 4. The van der Waals surface area contributed by atoms with Crippen LogP contribution in [0.25, 0.3) is 0 Å². The van der Waals surface area contributed by atoms with Gasteiger partial charge in [-0.1, -0.05) is 6.07 Å². The molecule has 0 bridgehead atoms. The van der Waals surface area contributed by atoms with E-state index in [2.05, 4.69) is 16.4 Å². The third-order valence-corrected chi connectivity index (χ3v) is 3.55. The zero-order valence-corrected chi connectivity index (χ0v) is 9.80. The van der Waals surface area contributed by atoms with E-state index in [1.165, 1.54) is 18.4 Å². The van der Waals surface area contributed by atoms with E-state index in [1.807, 2.05) is 17.2 Å². The molecule has 0 aromatic carbocycles. The minimum atomic E-state index is 0.211. The second-order valence-electron chi connectivity index (χ2n) is 4.86. The van der Waals surface area contributed by atoms with E-state index in [9.17, 15) is 4.79 Å². The van der Waals surface area contributed by atoms with Gasteiger partial charge in [0.05, 0.1) is 6.04 Å². The third-order valence-electron chi connectivity index (χ3n) is 3.55.